The van der Waals surface area contributed by atoms with Crippen LogP contribution in [0, 0.1) is 18.7 Å². The van der Waals surface area contributed by atoms with Gasteiger partial charge in [0.25, 0.3) is 0 Å². The van der Waals surface area contributed by atoms with Gasteiger partial charge in [0.05, 0.1) is 5.92 Å². The van der Waals surface area contributed by atoms with E-state index in [0.717, 1.165) is 48.3 Å². The average Bonchev–Trinajstić information content (AvgIpc) is 2.77. The molecule has 31 heavy (non-hydrogen) atoms. The third-order valence-electron chi connectivity index (χ3n) is 5.65. The molecule has 0 radical (unpaired) electrons. The van der Waals surface area contributed by atoms with Gasteiger partial charge in [0.1, 0.15) is 11.6 Å². The number of carbonyl (C=O) groups excluding carboxylic acids is 1. The Kier molecular flexibility index (Phi) is 7.81. The number of benzene rings is 1. The second-order valence-electron chi connectivity index (χ2n) is 7.85. The van der Waals surface area contributed by atoms with Gasteiger partial charge >= 0.3 is 0 Å². The fourth-order valence-electron chi connectivity index (χ4n) is 3.91. The number of aromatic nitrogens is 1. The molecule has 4 N–H and O–H groups in total. The molecule has 3 rings (SSSR count). The molecule has 1 aromatic heterocycles. The smallest absolute Gasteiger partial charge is 0.222 e. The first-order chi connectivity index (χ1) is 15.0. The number of piperidine rings is 1. The fraction of sp³-hybridized carbons (Fsp3) is 0.435. The van der Waals surface area contributed by atoms with Crippen LogP contribution >= 0.6 is 0 Å². The molecule has 1 unspecified atom stereocenters. The van der Waals surface area contributed by atoms with Crippen LogP contribution in [0.25, 0.3) is 0 Å². The van der Waals surface area contributed by atoms with Crippen molar-refractivity contribution in [2.45, 2.75) is 32.7 Å². The van der Waals surface area contributed by atoms with E-state index >= 15 is 0 Å². The monoisotopic (exact) mass is 426 g/mol. The molecule has 8 heteroatoms. The lowest BCUT2D eigenvalue weighted by Gasteiger charge is -2.33. The van der Waals surface area contributed by atoms with E-state index in [1.807, 2.05) is 25.1 Å². The fourth-order valence-corrected chi connectivity index (χ4v) is 3.91. The molecule has 0 bridgehead atoms. The van der Waals surface area contributed by atoms with Crippen molar-refractivity contribution in [2.24, 2.45) is 16.6 Å². The zero-order valence-electron chi connectivity index (χ0n) is 18.2. The number of aliphatic imine (C=N–C) groups is 1. The number of amides is 1. The van der Waals surface area contributed by atoms with Gasteiger partial charge in [-0.2, -0.15) is 0 Å². The van der Waals surface area contributed by atoms with Crippen molar-refractivity contribution in [3.05, 3.63) is 59.0 Å². The summed E-state index contributed by atoms with van der Waals surface area (Å²) in [5.74, 6) is 0.957. The lowest BCUT2D eigenvalue weighted by Crippen LogP contribution is -2.42. The van der Waals surface area contributed by atoms with Crippen molar-refractivity contribution < 1.29 is 9.18 Å². The molecule has 166 valence electrons. The van der Waals surface area contributed by atoms with Gasteiger partial charge in [-0.3, -0.25) is 9.79 Å². The van der Waals surface area contributed by atoms with Gasteiger partial charge in [0.2, 0.25) is 5.91 Å². The van der Waals surface area contributed by atoms with Gasteiger partial charge in [-0.25, -0.2) is 9.37 Å². The second kappa shape index (κ2) is 10.7. The lowest BCUT2D eigenvalue weighted by molar-refractivity contribution is -0.122. The van der Waals surface area contributed by atoms with Crippen LogP contribution in [0.5, 0.6) is 0 Å². The first-order valence-corrected chi connectivity index (χ1v) is 10.7. The van der Waals surface area contributed by atoms with E-state index in [4.69, 9.17) is 5.73 Å². The van der Waals surface area contributed by atoms with E-state index in [0.29, 0.717) is 25.6 Å². The van der Waals surface area contributed by atoms with Crippen LogP contribution in [0.4, 0.5) is 10.2 Å². The third kappa shape index (κ3) is 6.16. The minimum Gasteiger partial charge on any atom is -0.369 e. The molecule has 1 fully saturated rings. The van der Waals surface area contributed by atoms with Gasteiger partial charge in [-0.05, 0) is 55.5 Å². The summed E-state index contributed by atoms with van der Waals surface area (Å²) in [6, 6.07) is 8.79. The van der Waals surface area contributed by atoms with Crippen molar-refractivity contribution in [1.82, 2.24) is 15.6 Å². The van der Waals surface area contributed by atoms with E-state index in [-0.39, 0.29) is 17.6 Å². The van der Waals surface area contributed by atoms with Crippen molar-refractivity contribution in [3.8, 4) is 0 Å². The van der Waals surface area contributed by atoms with Gasteiger partial charge in [-0.15, -0.1) is 0 Å². The minimum atomic E-state index is -0.249. The highest BCUT2D eigenvalue weighted by atomic mass is 19.1. The Hall–Kier alpha value is -3.16. The van der Waals surface area contributed by atoms with Crippen LogP contribution in [-0.2, 0) is 17.8 Å². The molecule has 1 aliphatic heterocycles. The predicted molar refractivity (Wildman–Crippen MR) is 121 cm³/mol. The summed E-state index contributed by atoms with van der Waals surface area (Å²) in [6.07, 6.45) is 4.29. The zero-order chi connectivity index (χ0) is 22.2. The Morgan fingerprint density at radius 1 is 1.32 bits per heavy atom. The van der Waals surface area contributed by atoms with Gasteiger partial charge < -0.3 is 21.3 Å². The van der Waals surface area contributed by atoms with E-state index in [1.165, 1.54) is 6.07 Å². The largest absolute Gasteiger partial charge is 0.369 e. The number of guanidine groups is 1. The quantitative estimate of drug-likeness (QED) is 0.466. The number of carbonyl (C=O) groups is 1. The Morgan fingerprint density at radius 2 is 2.16 bits per heavy atom. The highest BCUT2D eigenvalue weighted by Crippen LogP contribution is 2.24. The summed E-state index contributed by atoms with van der Waals surface area (Å²) >= 11 is 0. The molecule has 0 aliphatic carbocycles. The molecule has 1 atom stereocenters. The number of nitrogens with one attached hydrogen (secondary N) is 2. The molecule has 1 aliphatic rings. The summed E-state index contributed by atoms with van der Waals surface area (Å²) in [7, 11) is 1.73. The van der Waals surface area contributed by atoms with Crippen molar-refractivity contribution in [2.75, 3.05) is 31.6 Å². The number of primary amides is 1. The van der Waals surface area contributed by atoms with E-state index in [1.54, 1.807) is 19.3 Å². The summed E-state index contributed by atoms with van der Waals surface area (Å²) in [6.45, 7) is 4.61. The van der Waals surface area contributed by atoms with Crippen LogP contribution in [0.3, 0.4) is 0 Å². The van der Waals surface area contributed by atoms with E-state index in [2.05, 4.69) is 25.5 Å². The van der Waals surface area contributed by atoms with Gasteiger partial charge in [0, 0.05) is 45.0 Å². The minimum absolute atomic E-state index is 0.138. The molecule has 2 heterocycles. The second-order valence-corrected chi connectivity index (χ2v) is 7.85. The number of halogens is 1. The van der Waals surface area contributed by atoms with E-state index in [9.17, 15) is 9.18 Å². The number of pyridine rings is 1. The van der Waals surface area contributed by atoms with Crippen LogP contribution in [0.15, 0.2) is 41.5 Å². The normalized spacial score (nSPS) is 16.8. The van der Waals surface area contributed by atoms with Crippen LogP contribution in [0.1, 0.15) is 29.5 Å². The highest BCUT2D eigenvalue weighted by molar-refractivity contribution is 5.80. The third-order valence-corrected chi connectivity index (χ3v) is 5.65. The Balaban J connectivity index is 1.56. The van der Waals surface area contributed by atoms with Crippen LogP contribution in [-0.4, -0.2) is 43.5 Å². The maximum atomic E-state index is 13.3. The van der Waals surface area contributed by atoms with Crippen LogP contribution in [0.2, 0.25) is 0 Å². The summed E-state index contributed by atoms with van der Waals surface area (Å²) in [4.78, 5) is 22.6. The number of hydrogen-bond acceptors (Lipinski definition) is 4. The Labute approximate surface area is 183 Å². The molecular formula is C23H31FN6O. The summed E-state index contributed by atoms with van der Waals surface area (Å²) < 4.78 is 13.3. The standard InChI is InChI=1S/C23H31FN6O/c1-16-13-20(24)8-7-17(16)9-11-28-23(26-2)29-14-18-5-3-10-27-22(18)30-12-4-6-19(15-30)21(25)31/h3,5,7-8,10,13,19H,4,6,9,11-12,14-15H2,1-2H3,(H2,25,31)(H2,26,28,29). The number of aryl methyl sites for hydroxylation is 1. The van der Waals surface area contributed by atoms with Crippen molar-refractivity contribution in [1.29, 1.82) is 0 Å². The average molecular weight is 427 g/mol. The first kappa shape index (κ1) is 22.5. The van der Waals surface area contributed by atoms with Crippen molar-refractivity contribution >= 4 is 17.7 Å². The number of anilines is 1. The number of nitrogens with zero attached hydrogens (tertiary/aromatic N) is 3. The van der Waals surface area contributed by atoms with Crippen LogP contribution < -0.4 is 21.3 Å². The van der Waals surface area contributed by atoms with Gasteiger partial charge in [0.15, 0.2) is 5.96 Å². The first-order valence-electron chi connectivity index (χ1n) is 10.7. The number of rotatable bonds is 7. The molecule has 1 aromatic carbocycles. The highest BCUT2D eigenvalue weighted by Gasteiger charge is 2.25. The van der Waals surface area contributed by atoms with Gasteiger partial charge in [-0.1, -0.05) is 12.1 Å². The van der Waals surface area contributed by atoms with Crippen molar-refractivity contribution in [3.63, 3.8) is 0 Å². The topological polar surface area (TPSA) is 95.6 Å². The molecule has 2 aromatic rings. The molecule has 7 nitrogen and oxygen atoms in total. The molecule has 1 amide bonds. The predicted octanol–water partition coefficient (Wildman–Crippen LogP) is 2.14. The number of hydrogen-bond donors (Lipinski definition) is 3. The molecule has 1 saturated heterocycles. The summed E-state index contributed by atoms with van der Waals surface area (Å²) in [5.41, 5.74) is 8.61. The number of nitrogens with two attached hydrogens (primary N) is 1. The molecule has 0 saturated carbocycles. The Morgan fingerprint density at radius 3 is 2.90 bits per heavy atom. The Bertz CT molecular complexity index is 932. The lowest BCUT2D eigenvalue weighted by atomic mass is 9.97. The maximum Gasteiger partial charge on any atom is 0.222 e. The van der Waals surface area contributed by atoms with E-state index < -0.39 is 0 Å². The molecular weight excluding hydrogens is 395 g/mol. The SMILES string of the molecule is CN=C(NCCc1ccc(F)cc1C)NCc1cccnc1N1CCCC(C(N)=O)C1. The molecule has 0 spiro atoms. The zero-order valence-corrected chi connectivity index (χ0v) is 18.2. The summed E-state index contributed by atoms with van der Waals surface area (Å²) in [5, 5.41) is 6.63. The maximum absolute atomic E-state index is 13.3.